The molecule has 16 heavy (non-hydrogen) atoms. The molecular formula is C12H16FNO2. The van der Waals surface area contributed by atoms with Crippen LogP contribution < -0.4 is 10.5 Å². The van der Waals surface area contributed by atoms with Gasteiger partial charge in [0, 0.05) is 6.54 Å². The highest BCUT2D eigenvalue weighted by Crippen LogP contribution is 2.33. The van der Waals surface area contributed by atoms with Crippen LogP contribution in [0.25, 0.3) is 0 Å². The summed E-state index contributed by atoms with van der Waals surface area (Å²) in [7, 11) is 0. The van der Waals surface area contributed by atoms with Gasteiger partial charge in [0.2, 0.25) is 0 Å². The van der Waals surface area contributed by atoms with Crippen molar-refractivity contribution in [2.75, 3.05) is 26.4 Å². The van der Waals surface area contributed by atoms with E-state index in [1.807, 2.05) is 13.0 Å². The van der Waals surface area contributed by atoms with E-state index in [1.165, 1.54) is 6.07 Å². The molecule has 0 atom stereocenters. The van der Waals surface area contributed by atoms with E-state index in [0.717, 1.165) is 5.56 Å². The van der Waals surface area contributed by atoms with Crippen LogP contribution in [0, 0.1) is 5.82 Å². The van der Waals surface area contributed by atoms with Crippen molar-refractivity contribution in [1.29, 1.82) is 0 Å². The first-order valence-electron chi connectivity index (χ1n) is 5.42. The van der Waals surface area contributed by atoms with Gasteiger partial charge in [0.25, 0.3) is 0 Å². The molecule has 0 saturated carbocycles. The molecule has 88 valence electrons. The minimum absolute atomic E-state index is 0.203. The molecular weight excluding hydrogens is 209 g/mol. The molecule has 1 aromatic rings. The first kappa shape index (κ1) is 11.4. The number of rotatable bonds is 4. The zero-order valence-electron chi connectivity index (χ0n) is 9.33. The lowest BCUT2D eigenvalue weighted by Crippen LogP contribution is -2.52. The van der Waals surface area contributed by atoms with Crippen LogP contribution >= 0.6 is 0 Å². The molecule has 0 amide bonds. The third kappa shape index (κ3) is 1.79. The van der Waals surface area contributed by atoms with Crippen LogP contribution in [0.15, 0.2) is 18.2 Å². The van der Waals surface area contributed by atoms with Crippen molar-refractivity contribution in [3.8, 4) is 5.75 Å². The molecule has 1 fully saturated rings. The van der Waals surface area contributed by atoms with Gasteiger partial charge >= 0.3 is 0 Å². The summed E-state index contributed by atoms with van der Waals surface area (Å²) in [4.78, 5) is 0. The molecule has 2 rings (SSSR count). The average molecular weight is 225 g/mol. The molecule has 1 aliphatic heterocycles. The maximum atomic E-state index is 13.7. The predicted molar refractivity (Wildman–Crippen MR) is 59.1 cm³/mol. The lowest BCUT2D eigenvalue weighted by Gasteiger charge is -2.41. The lowest BCUT2D eigenvalue weighted by atomic mass is 9.79. The van der Waals surface area contributed by atoms with Gasteiger partial charge in [-0.2, -0.15) is 0 Å². The Hall–Kier alpha value is -1.13. The van der Waals surface area contributed by atoms with E-state index in [4.69, 9.17) is 15.2 Å². The largest absolute Gasteiger partial charge is 0.491 e. The normalized spacial score (nSPS) is 17.9. The highest BCUT2D eigenvalue weighted by atomic mass is 19.1. The number of nitrogens with two attached hydrogens (primary N) is 1. The number of hydrogen-bond acceptors (Lipinski definition) is 3. The van der Waals surface area contributed by atoms with Gasteiger partial charge in [-0.05, 0) is 24.6 Å². The Balaban J connectivity index is 2.26. The van der Waals surface area contributed by atoms with E-state index in [1.54, 1.807) is 6.07 Å². The van der Waals surface area contributed by atoms with Crippen LogP contribution in [-0.4, -0.2) is 26.4 Å². The molecule has 1 heterocycles. The van der Waals surface area contributed by atoms with Gasteiger partial charge in [0.15, 0.2) is 11.6 Å². The van der Waals surface area contributed by atoms with E-state index in [-0.39, 0.29) is 11.2 Å². The third-order valence-corrected chi connectivity index (χ3v) is 2.99. The van der Waals surface area contributed by atoms with Crippen LogP contribution in [0.4, 0.5) is 4.39 Å². The second-order valence-corrected chi connectivity index (χ2v) is 4.06. The molecule has 3 nitrogen and oxygen atoms in total. The second-order valence-electron chi connectivity index (χ2n) is 4.06. The second kappa shape index (κ2) is 4.39. The Morgan fingerprint density at radius 3 is 2.69 bits per heavy atom. The maximum absolute atomic E-state index is 13.7. The van der Waals surface area contributed by atoms with Crippen molar-refractivity contribution < 1.29 is 13.9 Å². The number of hydrogen-bond donors (Lipinski definition) is 1. The summed E-state index contributed by atoms with van der Waals surface area (Å²) >= 11 is 0. The Morgan fingerprint density at radius 2 is 2.25 bits per heavy atom. The van der Waals surface area contributed by atoms with Crippen molar-refractivity contribution >= 4 is 0 Å². The summed E-state index contributed by atoms with van der Waals surface area (Å²) in [6.07, 6.45) is 0. The lowest BCUT2D eigenvalue weighted by molar-refractivity contribution is -0.0551. The van der Waals surface area contributed by atoms with Gasteiger partial charge < -0.3 is 15.2 Å². The summed E-state index contributed by atoms with van der Waals surface area (Å²) in [6, 6.07) is 5.02. The van der Waals surface area contributed by atoms with Gasteiger partial charge in [0.1, 0.15) is 0 Å². The van der Waals surface area contributed by atoms with Gasteiger partial charge in [0.05, 0.1) is 25.2 Å². The van der Waals surface area contributed by atoms with Crippen molar-refractivity contribution in [3.63, 3.8) is 0 Å². The molecule has 0 radical (unpaired) electrons. The molecule has 0 bridgehead atoms. The number of ether oxygens (including phenoxy) is 2. The first-order valence-corrected chi connectivity index (χ1v) is 5.42. The molecule has 1 saturated heterocycles. The zero-order chi connectivity index (χ0) is 11.6. The van der Waals surface area contributed by atoms with Crippen LogP contribution in [0.2, 0.25) is 0 Å². The van der Waals surface area contributed by atoms with E-state index in [2.05, 4.69) is 0 Å². The number of benzene rings is 1. The zero-order valence-corrected chi connectivity index (χ0v) is 9.33. The fourth-order valence-corrected chi connectivity index (χ4v) is 1.85. The molecule has 2 N–H and O–H groups in total. The van der Waals surface area contributed by atoms with E-state index < -0.39 is 0 Å². The molecule has 0 aromatic heterocycles. The van der Waals surface area contributed by atoms with Crippen molar-refractivity contribution in [1.82, 2.24) is 0 Å². The van der Waals surface area contributed by atoms with Crippen molar-refractivity contribution in [2.24, 2.45) is 5.73 Å². The fourth-order valence-electron chi connectivity index (χ4n) is 1.85. The molecule has 0 unspecified atom stereocenters. The van der Waals surface area contributed by atoms with Crippen LogP contribution in [0.5, 0.6) is 5.75 Å². The Morgan fingerprint density at radius 1 is 1.50 bits per heavy atom. The van der Waals surface area contributed by atoms with Gasteiger partial charge in [-0.15, -0.1) is 0 Å². The van der Waals surface area contributed by atoms with Gasteiger partial charge in [-0.3, -0.25) is 0 Å². The quantitative estimate of drug-likeness (QED) is 0.843. The summed E-state index contributed by atoms with van der Waals surface area (Å²) < 4.78 is 24.0. The summed E-state index contributed by atoms with van der Waals surface area (Å²) in [5.74, 6) is -0.0438. The molecule has 4 heteroatoms. The smallest absolute Gasteiger partial charge is 0.165 e. The summed E-state index contributed by atoms with van der Waals surface area (Å²) in [5, 5.41) is 0. The standard InChI is InChI=1S/C12H16FNO2/c1-2-16-11-4-3-9(5-10(11)13)12(6-14)7-15-8-12/h3-5H,2,6-8,14H2,1H3. The summed E-state index contributed by atoms with van der Waals surface area (Å²) in [5.41, 5.74) is 6.40. The first-order chi connectivity index (χ1) is 7.72. The topological polar surface area (TPSA) is 44.5 Å². The van der Waals surface area contributed by atoms with E-state index in [0.29, 0.717) is 32.1 Å². The molecule has 0 aliphatic carbocycles. The average Bonchev–Trinajstić information content (AvgIpc) is 2.21. The van der Waals surface area contributed by atoms with Crippen molar-refractivity contribution in [2.45, 2.75) is 12.3 Å². The van der Waals surface area contributed by atoms with E-state index >= 15 is 0 Å². The Labute approximate surface area is 94.3 Å². The highest BCUT2D eigenvalue weighted by molar-refractivity contribution is 5.35. The summed E-state index contributed by atoms with van der Waals surface area (Å²) in [6.45, 7) is 3.89. The predicted octanol–water partition coefficient (Wildman–Crippen LogP) is 1.45. The highest BCUT2D eigenvalue weighted by Gasteiger charge is 2.39. The minimum Gasteiger partial charge on any atom is -0.491 e. The minimum atomic E-state index is -0.334. The maximum Gasteiger partial charge on any atom is 0.165 e. The van der Waals surface area contributed by atoms with Crippen LogP contribution in [0.1, 0.15) is 12.5 Å². The number of halogens is 1. The van der Waals surface area contributed by atoms with Gasteiger partial charge in [-0.1, -0.05) is 6.07 Å². The third-order valence-electron chi connectivity index (χ3n) is 2.99. The van der Waals surface area contributed by atoms with Crippen molar-refractivity contribution in [3.05, 3.63) is 29.6 Å². The van der Waals surface area contributed by atoms with Gasteiger partial charge in [-0.25, -0.2) is 4.39 Å². The SMILES string of the molecule is CCOc1ccc(C2(CN)COC2)cc1F. The Bertz CT molecular complexity index is 372. The molecule has 0 spiro atoms. The Kier molecular flexibility index (Phi) is 3.12. The molecule has 1 aliphatic rings. The van der Waals surface area contributed by atoms with E-state index in [9.17, 15) is 4.39 Å². The monoisotopic (exact) mass is 225 g/mol. The van der Waals surface area contributed by atoms with Crippen LogP contribution in [-0.2, 0) is 10.2 Å². The molecule has 1 aromatic carbocycles. The fraction of sp³-hybridized carbons (Fsp3) is 0.500. The van der Waals surface area contributed by atoms with Crippen LogP contribution in [0.3, 0.4) is 0 Å².